The van der Waals surface area contributed by atoms with Gasteiger partial charge in [0.15, 0.2) is 0 Å². The number of rotatable bonds is 3. The van der Waals surface area contributed by atoms with Crippen molar-refractivity contribution in [2.24, 2.45) is 5.73 Å². The Kier molecular flexibility index (Phi) is 4.64. The Morgan fingerprint density at radius 2 is 1.58 bits per heavy atom. The summed E-state index contributed by atoms with van der Waals surface area (Å²) >= 11 is 0. The monoisotopic (exact) mass is 260 g/mol. The van der Waals surface area contributed by atoms with Crippen LogP contribution >= 0.6 is 0 Å². The second kappa shape index (κ2) is 6.06. The van der Waals surface area contributed by atoms with Gasteiger partial charge in [-0.3, -0.25) is 0 Å². The molecular weight excluding hydrogens is 232 g/mol. The molecule has 1 aliphatic carbocycles. The van der Waals surface area contributed by atoms with Gasteiger partial charge in [-0.1, -0.05) is 12.1 Å². The normalized spacial score (nSPS) is 25.3. The molecule has 1 aliphatic rings. The van der Waals surface area contributed by atoms with Crippen molar-refractivity contribution in [2.45, 2.75) is 71.5 Å². The summed E-state index contributed by atoms with van der Waals surface area (Å²) in [5, 5.41) is 3.79. The highest BCUT2D eigenvalue weighted by molar-refractivity contribution is 5.38. The standard InChI is InChI=1S/C17H28N2/c1-11-9-13(3)17(10-12(11)2)14(4)19-16-7-5-15(18)6-8-16/h9-10,14-16,19H,5-8,18H2,1-4H3. The Balaban J connectivity index is 2.03. The largest absolute Gasteiger partial charge is 0.328 e. The lowest BCUT2D eigenvalue weighted by molar-refractivity contribution is 0.322. The summed E-state index contributed by atoms with van der Waals surface area (Å²) in [4.78, 5) is 0. The molecular formula is C17H28N2. The van der Waals surface area contributed by atoms with Crippen LogP contribution in [0, 0.1) is 20.8 Å². The minimum Gasteiger partial charge on any atom is -0.328 e. The summed E-state index contributed by atoms with van der Waals surface area (Å²) in [6, 6.07) is 6.14. The lowest BCUT2D eigenvalue weighted by Gasteiger charge is -2.30. The van der Waals surface area contributed by atoms with E-state index >= 15 is 0 Å². The van der Waals surface area contributed by atoms with Gasteiger partial charge in [0.2, 0.25) is 0 Å². The van der Waals surface area contributed by atoms with Gasteiger partial charge in [0.05, 0.1) is 0 Å². The molecule has 1 saturated carbocycles. The van der Waals surface area contributed by atoms with Gasteiger partial charge < -0.3 is 11.1 Å². The number of nitrogens with two attached hydrogens (primary N) is 1. The summed E-state index contributed by atoms with van der Waals surface area (Å²) < 4.78 is 0. The van der Waals surface area contributed by atoms with Gasteiger partial charge in [-0.05, 0) is 75.6 Å². The van der Waals surface area contributed by atoms with Crippen molar-refractivity contribution in [1.29, 1.82) is 0 Å². The van der Waals surface area contributed by atoms with Gasteiger partial charge in [-0.25, -0.2) is 0 Å². The first kappa shape index (κ1) is 14.5. The Morgan fingerprint density at radius 1 is 1.00 bits per heavy atom. The van der Waals surface area contributed by atoms with Crippen molar-refractivity contribution in [3.05, 3.63) is 34.4 Å². The van der Waals surface area contributed by atoms with E-state index in [0.29, 0.717) is 18.1 Å². The maximum atomic E-state index is 5.97. The third kappa shape index (κ3) is 3.58. The highest BCUT2D eigenvalue weighted by Crippen LogP contribution is 2.25. The van der Waals surface area contributed by atoms with Crippen LogP contribution < -0.4 is 11.1 Å². The SMILES string of the molecule is Cc1cc(C)c(C(C)NC2CCC(N)CC2)cc1C. The van der Waals surface area contributed by atoms with Crippen molar-refractivity contribution >= 4 is 0 Å². The van der Waals surface area contributed by atoms with Gasteiger partial charge >= 0.3 is 0 Å². The van der Waals surface area contributed by atoms with Gasteiger partial charge in [-0.2, -0.15) is 0 Å². The molecule has 3 N–H and O–H groups in total. The van der Waals surface area contributed by atoms with E-state index in [1.54, 1.807) is 0 Å². The second-order valence-corrected chi connectivity index (χ2v) is 6.29. The molecule has 1 aromatic rings. The van der Waals surface area contributed by atoms with Crippen molar-refractivity contribution in [2.75, 3.05) is 0 Å². The fourth-order valence-corrected chi connectivity index (χ4v) is 3.18. The number of aryl methyl sites for hydroxylation is 3. The van der Waals surface area contributed by atoms with E-state index in [1.807, 2.05) is 0 Å². The highest BCUT2D eigenvalue weighted by atomic mass is 14.9. The third-order valence-electron chi connectivity index (χ3n) is 4.61. The molecule has 0 heterocycles. The van der Waals surface area contributed by atoms with Crippen molar-refractivity contribution in [3.63, 3.8) is 0 Å². The van der Waals surface area contributed by atoms with E-state index in [9.17, 15) is 0 Å². The summed E-state index contributed by atoms with van der Waals surface area (Å²) in [7, 11) is 0. The van der Waals surface area contributed by atoms with Crippen LogP contribution in [0.1, 0.15) is 60.9 Å². The van der Waals surface area contributed by atoms with Crippen molar-refractivity contribution in [3.8, 4) is 0 Å². The third-order valence-corrected chi connectivity index (χ3v) is 4.61. The molecule has 106 valence electrons. The summed E-state index contributed by atoms with van der Waals surface area (Å²) in [6.07, 6.45) is 4.76. The zero-order valence-corrected chi connectivity index (χ0v) is 12.8. The van der Waals surface area contributed by atoms with E-state index in [-0.39, 0.29) is 0 Å². The molecule has 0 aliphatic heterocycles. The molecule has 1 atom stereocenters. The Hall–Kier alpha value is -0.860. The molecule has 0 bridgehead atoms. The molecule has 0 radical (unpaired) electrons. The highest BCUT2D eigenvalue weighted by Gasteiger charge is 2.20. The molecule has 0 aromatic heterocycles. The second-order valence-electron chi connectivity index (χ2n) is 6.29. The Morgan fingerprint density at radius 3 is 2.21 bits per heavy atom. The molecule has 1 unspecified atom stereocenters. The fourth-order valence-electron chi connectivity index (χ4n) is 3.18. The number of nitrogens with one attached hydrogen (secondary N) is 1. The Labute approximate surface area is 117 Å². The van der Waals surface area contributed by atoms with Gasteiger partial charge in [-0.15, -0.1) is 0 Å². The average molecular weight is 260 g/mol. The van der Waals surface area contributed by atoms with E-state index in [4.69, 9.17) is 5.73 Å². The van der Waals surface area contributed by atoms with E-state index in [1.165, 1.54) is 35.1 Å². The van der Waals surface area contributed by atoms with Crippen LogP contribution in [0.15, 0.2) is 12.1 Å². The number of hydrogen-bond acceptors (Lipinski definition) is 2. The molecule has 0 amide bonds. The maximum Gasteiger partial charge on any atom is 0.0297 e. The van der Waals surface area contributed by atoms with E-state index in [0.717, 1.165) is 12.8 Å². The van der Waals surface area contributed by atoms with Gasteiger partial charge in [0, 0.05) is 18.1 Å². The Bertz CT molecular complexity index is 431. The quantitative estimate of drug-likeness (QED) is 0.872. The molecule has 0 saturated heterocycles. The van der Waals surface area contributed by atoms with Gasteiger partial charge in [0.25, 0.3) is 0 Å². The van der Waals surface area contributed by atoms with Crippen LogP contribution in [0.5, 0.6) is 0 Å². The number of hydrogen-bond donors (Lipinski definition) is 2. The minimum absolute atomic E-state index is 0.428. The summed E-state index contributed by atoms with van der Waals surface area (Å²) in [6.45, 7) is 8.89. The van der Waals surface area contributed by atoms with Crippen molar-refractivity contribution in [1.82, 2.24) is 5.32 Å². The van der Waals surface area contributed by atoms with Crippen LogP contribution in [0.25, 0.3) is 0 Å². The summed E-state index contributed by atoms with van der Waals surface area (Å²) in [5.74, 6) is 0. The van der Waals surface area contributed by atoms with Crippen LogP contribution in [-0.2, 0) is 0 Å². The predicted molar refractivity (Wildman–Crippen MR) is 82.4 cm³/mol. The van der Waals surface area contributed by atoms with Gasteiger partial charge in [0.1, 0.15) is 0 Å². The van der Waals surface area contributed by atoms with Crippen molar-refractivity contribution < 1.29 is 0 Å². The molecule has 1 aromatic carbocycles. The fraction of sp³-hybridized carbons (Fsp3) is 0.647. The topological polar surface area (TPSA) is 38.0 Å². The smallest absolute Gasteiger partial charge is 0.0297 e. The van der Waals surface area contributed by atoms with Crippen LogP contribution in [-0.4, -0.2) is 12.1 Å². The minimum atomic E-state index is 0.428. The zero-order valence-electron chi connectivity index (χ0n) is 12.8. The number of benzene rings is 1. The first-order valence-electron chi connectivity index (χ1n) is 7.56. The van der Waals surface area contributed by atoms with Crippen LogP contribution in [0.2, 0.25) is 0 Å². The predicted octanol–water partition coefficient (Wildman–Crippen LogP) is 3.53. The lowest BCUT2D eigenvalue weighted by atomic mass is 9.90. The van der Waals surface area contributed by atoms with Crippen LogP contribution in [0.4, 0.5) is 0 Å². The summed E-state index contributed by atoms with van der Waals surface area (Å²) in [5.41, 5.74) is 11.6. The molecule has 1 fully saturated rings. The van der Waals surface area contributed by atoms with E-state index in [2.05, 4.69) is 45.1 Å². The van der Waals surface area contributed by atoms with E-state index < -0.39 is 0 Å². The molecule has 2 nitrogen and oxygen atoms in total. The first-order valence-corrected chi connectivity index (χ1v) is 7.56. The maximum absolute atomic E-state index is 5.97. The molecule has 19 heavy (non-hydrogen) atoms. The molecule has 2 rings (SSSR count). The zero-order chi connectivity index (χ0) is 14.0. The van der Waals surface area contributed by atoms with Crippen LogP contribution in [0.3, 0.4) is 0 Å². The average Bonchev–Trinajstić information content (AvgIpc) is 2.36. The molecule has 0 spiro atoms. The molecule has 2 heteroatoms. The first-order chi connectivity index (χ1) is 8.97. The lowest BCUT2D eigenvalue weighted by Crippen LogP contribution is -2.38.